The molecule has 2 aromatic rings. The third kappa shape index (κ3) is 3.27. The number of aryl methyl sites for hydroxylation is 1. The van der Waals surface area contributed by atoms with E-state index in [2.05, 4.69) is 4.98 Å². The summed E-state index contributed by atoms with van der Waals surface area (Å²) in [6, 6.07) is 9.51. The molecule has 1 atom stereocenters. The van der Waals surface area contributed by atoms with Crippen molar-refractivity contribution < 1.29 is 14.6 Å². The molecule has 0 fully saturated rings. The highest BCUT2D eigenvalue weighted by Gasteiger charge is 2.11. The van der Waals surface area contributed by atoms with E-state index in [1.807, 2.05) is 37.3 Å². The highest BCUT2D eigenvalue weighted by atomic mass is 16.5. The van der Waals surface area contributed by atoms with Gasteiger partial charge in [0.1, 0.15) is 12.4 Å². The molecule has 20 heavy (non-hydrogen) atoms. The van der Waals surface area contributed by atoms with Crippen molar-refractivity contribution in [3.05, 3.63) is 53.2 Å². The number of aliphatic hydroxyl groups excluding tert-OH is 1. The number of hydrogen-bond acceptors (Lipinski definition) is 4. The molecule has 1 aromatic carbocycles. The lowest BCUT2D eigenvalue weighted by atomic mass is 10.1. The molecule has 0 bridgehead atoms. The standard InChI is InChI=1S/C16H19NO3/c1-11-6-7-14(12(2)18)15(9-11)20-10-13-5-4-8-17-16(13)19-3/h4-9,12,18H,10H2,1-3H3/t12-/m1/s1. The van der Waals surface area contributed by atoms with E-state index in [1.165, 1.54) is 0 Å². The van der Waals surface area contributed by atoms with Crippen molar-refractivity contribution in [1.29, 1.82) is 0 Å². The number of methoxy groups -OCH3 is 1. The van der Waals surface area contributed by atoms with E-state index < -0.39 is 6.10 Å². The summed E-state index contributed by atoms with van der Waals surface area (Å²) in [4.78, 5) is 4.13. The fourth-order valence-electron chi connectivity index (χ4n) is 1.98. The van der Waals surface area contributed by atoms with Crippen LogP contribution in [0.2, 0.25) is 0 Å². The highest BCUT2D eigenvalue weighted by molar-refractivity contribution is 5.39. The maximum atomic E-state index is 9.78. The lowest BCUT2D eigenvalue weighted by Gasteiger charge is -2.15. The molecule has 0 unspecified atom stereocenters. The predicted molar refractivity (Wildman–Crippen MR) is 76.9 cm³/mol. The average molecular weight is 273 g/mol. The minimum Gasteiger partial charge on any atom is -0.488 e. The number of rotatable bonds is 5. The third-order valence-electron chi connectivity index (χ3n) is 3.05. The minimum atomic E-state index is -0.568. The van der Waals surface area contributed by atoms with Crippen LogP contribution < -0.4 is 9.47 Å². The van der Waals surface area contributed by atoms with Gasteiger partial charge in [-0.15, -0.1) is 0 Å². The first kappa shape index (κ1) is 14.3. The number of benzene rings is 1. The van der Waals surface area contributed by atoms with Gasteiger partial charge in [-0.3, -0.25) is 0 Å². The molecular formula is C16H19NO3. The van der Waals surface area contributed by atoms with Crippen molar-refractivity contribution in [2.24, 2.45) is 0 Å². The Morgan fingerprint density at radius 1 is 1.30 bits per heavy atom. The summed E-state index contributed by atoms with van der Waals surface area (Å²) in [5.74, 6) is 1.24. The van der Waals surface area contributed by atoms with E-state index in [0.29, 0.717) is 18.2 Å². The van der Waals surface area contributed by atoms with Crippen LogP contribution in [0.5, 0.6) is 11.6 Å². The summed E-state index contributed by atoms with van der Waals surface area (Å²) >= 11 is 0. The molecule has 1 N–H and O–H groups in total. The molecule has 0 amide bonds. The van der Waals surface area contributed by atoms with Crippen molar-refractivity contribution in [3.63, 3.8) is 0 Å². The second-order valence-corrected chi connectivity index (χ2v) is 4.68. The number of aromatic nitrogens is 1. The van der Waals surface area contributed by atoms with Gasteiger partial charge in [-0.05, 0) is 37.6 Å². The fraction of sp³-hybridized carbons (Fsp3) is 0.312. The first-order chi connectivity index (χ1) is 9.61. The molecule has 0 radical (unpaired) electrons. The molecule has 0 aliphatic rings. The lowest BCUT2D eigenvalue weighted by Crippen LogP contribution is -2.03. The van der Waals surface area contributed by atoms with Crippen molar-refractivity contribution >= 4 is 0 Å². The molecule has 1 heterocycles. The first-order valence-electron chi connectivity index (χ1n) is 6.51. The van der Waals surface area contributed by atoms with Crippen LogP contribution in [0.3, 0.4) is 0 Å². The van der Waals surface area contributed by atoms with Crippen molar-refractivity contribution in [3.8, 4) is 11.6 Å². The zero-order valence-electron chi connectivity index (χ0n) is 12.0. The van der Waals surface area contributed by atoms with E-state index in [-0.39, 0.29) is 0 Å². The molecule has 0 saturated carbocycles. The largest absolute Gasteiger partial charge is 0.488 e. The van der Waals surface area contributed by atoms with Crippen LogP contribution in [0.4, 0.5) is 0 Å². The maximum absolute atomic E-state index is 9.78. The van der Waals surface area contributed by atoms with E-state index in [9.17, 15) is 5.11 Å². The van der Waals surface area contributed by atoms with Crippen LogP contribution in [0, 0.1) is 6.92 Å². The number of pyridine rings is 1. The Hall–Kier alpha value is -2.07. The highest BCUT2D eigenvalue weighted by Crippen LogP contribution is 2.27. The second kappa shape index (κ2) is 6.39. The number of nitrogens with zero attached hydrogens (tertiary/aromatic N) is 1. The molecule has 0 saturated heterocycles. The van der Waals surface area contributed by atoms with Crippen LogP contribution in [0.15, 0.2) is 36.5 Å². The van der Waals surface area contributed by atoms with Gasteiger partial charge in [-0.2, -0.15) is 0 Å². The van der Waals surface area contributed by atoms with Gasteiger partial charge < -0.3 is 14.6 Å². The predicted octanol–water partition coefficient (Wildman–Crippen LogP) is 3.03. The van der Waals surface area contributed by atoms with E-state index >= 15 is 0 Å². The number of ether oxygens (including phenoxy) is 2. The minimum absolute atomic E-state index is 0.347. The molecule has 0 aliphatic heterocycles. The Bertz CT molecular complexity index is 582. The number of aliphatic hydroxyl groups is 1. The van der Waals surface area contributed by atoms with Crippen LogP contribution in [0.25, 0.3) is 0 Å². The summed E-state index contributed by atoms with van der Waals surface area (Å²) in [5.41, 5.74) is 2.73. The van der Waals surface area contributed by atoms with Crippen molar-refractivity contribution in [1.82, 2.24) is 4.98 Å². The smallest absolute Gasteiger partial charge is 0.219 e. The lowest BCUT2D eigenvalue weighted by molar-refractivity contribution is 0.189. The monoisotopic (exact) mass is 273 g/mol. The summed E-state index contributed by atoms with van der Waals surface area (Å²) in [7, 11) is 1.58. The van der Waals surface area contributed by atoms with Gasteiger partial charge in [-0.25, -0.2) is 4.98 Å². The van der Waals surface area contributed by atoms with E-state index in [0.717, 1.165) is 16.7 Å². The van der Waals surface area contributed by atoms with Gasteiger partial charge in [-0.1, -0.05) is 12.1 Å². The molecule has 0 aliphatic carbocycles. The third-order valence-corrected chi connectivity index (χ3v) is 3.05. The zero-order chi connectivity index (χ0) is 14.5. The molecule has 4 heteroatoms. The van der Waals surface area contributed by atoms with Crippen LogP contribution in [0.1, 0.15) is 29.7 Å². The summed E-state index contributed by atoms with van der Waals surface area (Å²) < 4.78 is 11.0. The Morgan fingerprint density at radius 3 is 2.80 bits per heavy atom. The van der Waals surface area contributed by atoms with Gasteiger partial charge in [0.25, 0.3) is 0 Å². The van der Waals surface area contributed by atoms with Gasteiger partial charge in [0.05, 0.1) is 18.8 Å². The van der Waals surface area contributed by atoms with Gasteiger partial charge in [0, 0.05) is 11.8 Å². The van der Waals surface area contributed by atoms with Crippen molar-refractivity contribution in [2.75, 3.05) is 7.11 Å². The van der Waals surface area contributed by atoms with Crippen LogP contribution in [-0.2, 0) is 6.61 Å². The van der Waals surface area contributed by atoms with Crippen LogP contribution in [-0.4, -0.2) is 17.2 Å². The summed E-state index contributed by atoms with van der Waals surface area (Å²) in [6.45, 7) is 4.06. The first-order valence-corrected chi connectivity index (χ1v) is 6.51. The second-order valence-electron chi connectivity index (χ2n) is 4.68. The maximum Gasteiger partial charge on any atom is 0.219 e. The normalized spacial score (nSPS) is 12.0. The Labute approximate surface area is 119 Å². The molecule has 2 rings (SSSR count). The quantitative estimate of drug-likeness (QED) is 0.909. The number of hydrogen-bond donors (Lipinski definition) is 1. The molecule has 4 nitrogen and oxygen atoms in total. The molecule has 0 spiro atoms. The Balaban J connectivity index is 2.20. The van der Waals surface area contributed by atoms with E-state index in [4.69, 9.17) is 9.47 Å². The molecular weight excluding hydrogens is 254 g/mol. The Morgan fingerprint density at radius 2 is 2.10 bits per heavy atom. The van der Waals surface area contributed by atoms with Gasteiger partial charge in [0.15, 0.2) is 0 Å². The average Bonchev–Trinajstić information content (AvgIpc) is 2.45. The fourth-order valence-corrected chi connectivity index (χ4v) is 1.98. The zero-order valence-corrected chi connectivity index (χ0v) is 12.0. The van der Waals surface area contributed by atoms with Crippen LogP contribution >= 0.6 is 0 Å². The topological polar surface area (TPSA) is 51.6 Å². The van der Waals surface area contributed by atoms with Gasteiger partial charge >= 0.3 is 0 Å². The summed E-state index contributed by atoms with van der Waals surface area (Å²) in [5, 5.41) is 9.78. The van der Waals surface area contributed by atoms with Crippen molar-refractivity contribution in [2.45, 2.75) is 26.6 Å². The Kier molecular flexibility index (Phi) is 4.58. The SMILES string of the molecule is COc1ncccc1COc1cc(C)ccc1[C@@H](C)O. The summed E-state index contributed by atoms with van der Waals surface area (Å²) in [6.07, 6.45) is 1.11. The molecule has 1 aromatic heterocycles. The van der Waals surface area contributed by atoms with Gasteiger partial charge in [0.2, 0.25) is 5.88 Å². The molecule has 106 valence electrons. The van der Waals surface area contributed by atoms with E-state index in [1.54, 1.807) is 20.2 Å².